The van der Waals surface area contributed by atoms with Crippen LogP contribution in [0.4, 0.5) is 4.39 Å². The van der Waals surface area contributed by atoms with Crippen LogP contribution in [0.3, 0.4) is 0 Å². The molecular weight excluding hydrogens is 293 g/mol. The van der Waals surface area contributed by atoms with Crippen LogP contribution in [-0.2, 0) is 4.79 Å². The molecule has 1 aromatic carbocycles. The molecule has 0 aliphatic heterocycles. The summed E-state index contributed by atoms with van der Waals surface area (Å²) in [5.41, 5.74) is 1.97. The lowest BCUT2D eigenvalue weighted by atomic mass is 9.72. The van der Waals surface area contributed by atoms with Gasteiger partial charge < -0.3 is 5.11 Å². The van der Waals surface area contributed by atoms with E-state index < -0.39 is 5.97 Å². The van der Waals surface area contributed by atoms with Crippen molar-refractivity contribution in [3.63, 3.8) is 0 Å². The maximum absolute atomic E-state index is 13.6. The molecule has 1 atom stereocenters. The molecule has 1 aromatic heterocycles. The van der Waals surface area contributed by atoms with E-state index in [0.29, 0.717) is 12.3 Å². The van der Waals surface area contributed by atoms with Gasteiger partial charge in [0.05, 0.1) is 11.4 Å². The Kier molecular flexibility index (Phi) is 4.60. The molecule has 3 rings (SSSR count). The smallest absolute Gasteiger partial charge is 0.306 e. The van der Waals surface area contributed by atoms with E-state index in [1.807, 2.05) is 13.0 Å². The number of aromatic nitrogens is 1. The van der Waals surface area contributed by atoms with Crippen molar-refractivity contribution < 1.29 is 14.3 Å². The number of fused-ring (bicyclic) bond motifs is 1. The normalized spacial score (nSPS) is 22.9. The van der Waals surface area contributed by atoms with Crippen LogP contribution in [0.15, 0.2) is 30.5 Å². The largest absolute Gasteiger partial charge is 0.481 e. The van der Waals surface area contributed by atoms with Gasteiger partial charge in [-0.05, 0) is 73.8 Å². The first kappa shape index (κ1) is 15.9. The van der Waals surface area contributed by atoms with Crippen LogP contribution in [0.2, 0.25) is 0 Å². The molecule has 23 heavy (non-hydrogen) atoms. The van der Waals surface area contributed by atoms with Gasteiger partial charge in [-0.25, -0.2) is 4.39 Å². The Labute approximate surface area is 135 Å². The van der Waals surface area contributed by atoms with Crippen LogP contribution in [-0.4, -0.2) is 16.1 Å². The van der Waals surface area contributed by atoms with Crippen molar-refractivity contribution in [1.82, 2.24) is 4.98 Å². The lowest BCUT2D eigenvalue weighted by molar-refractivity contribution is -0.144. The monoisotopic (exact) mass is 315 g/mol. The first-order valence-corrected chi connectivity index (χ1v) is 8.37. The molecule has 0 amide bonds. The highest BCUT2D eigenvalue weighted by Gasteiger charge is 2.31. The molecule has 4 heteroatoms. The molecule has 1 aliphatic carbocycles. The molecule has 1 fully saturated rings. The first-order valence-electron chi connectivity index (χ1n) is 8.37. The van der Waals surface area contributed by atoms with Crippen molar-refractivity contribution in [3.8, 4) is 0 Å². The number of hydrogen-bond donors (Lipinski definition) is 1. The Bertz CT molecular complexity index is 708. The molecule has 0 saturated heterocycles. The Balaban J connectivity index is 1.80. The van der Waals surface area contributed by atoms with Gasteiger partial charge in [-0.15, -0.1) is 0 Å². The van der Waals surface area contributed by atoms with E-state index in [1.54, 1.807) is 18.3 Å². The molecule has 0 unspecified atom stereocenters. The SMILES string of the molecule is CC[C@@H](C(=O)O)C1CCC(c2ccnc3ccc(F)cc23)CC1. The zero-order valence-electron chi connectivity index (χ0n) is 13.3. The topological polar surface area (TPSA) is 50.2 Å². The number of carbonyl (C=O) groups is 1. The number of benzene rings is 1. The second-order valence-electron chi connectivity index (χ2n) is 6.53. The summed E-state index contributed by atoms with van der Waals surface area (Å²) in [5, 5.41) is 10.2. The summed E-state index contributed by atoms with van der Waals surface area (Å²) in [7, 11) is 0. The van der Waals surface area contributed by atoms with Gasteiger partial charge in [0.2, 0.25) is 0 Å². The average Bonchev–Trinajstić information content (AvgIpc) is 2.55. The maximum Gasteiger partial charge on any atom is 0.306 e. The van der Waals surface area contributed by atoms with Gasteiger partial charge in [0.25, 0.3) is 0 Å². The standard InChI is InChI=1S/C19H22FNO2/c1-2-15(19(22)23)12-3-5-13(6-4-12)16-9-10-21-18-8-7-14(20)11-17(16)18/h7-13,15H,2-6H2,1H3,(H,22,23)/t12?,13?,15-/m1/s1. The van der Waals surface area contributed by atoms with E-state index in [-0.39, 0.29) is 17.7 Å². The fourth-order valence-corrected chi connectivity index (χ4v) is 4.04. The molecule has 1 heterocycles. The Hall–Kier alpha value is -1.97. The number of carboxylic acids is 1. The highest BCUT2D eigenvalue weighted by atomic mass is 19.1. The van der Waals surface area contributed by atoms with E-state index in [4.69, 9.17) is 0 Å². The molecule has 122 valence electrons. The van der Waals surface area contributed by atoms with Gasteiger partial charge in [-0.3, -0.25) is 9.78 Å². The third-order valence-corrected chi connectivity index (χ3v) is 5.28. The van der Waals surface area contributed by atoms with Crippen LogP contribution in [0.5, 0.6) is 0 Å². The lowest BCUT2D eigenvalue weighted by Crippen LogP contribution is -2.26. The summed E-state index contributed by atoms with van der Waals surface area (Å²) in [5.74, 6) is -0.518. The van der Waals surface area contributed by atoms with Gasteiger partial charge in [0.15, 0.2) is 0 Å². The van der Waals surface area contributed by atoms with Gasteiger partial charge >= 0.3 is 5.97 Å². The number of nitrogens with zero attached hydrogens (tertiary/aromatic N) is 1. The highest BCUT2D eigenvalue weighted by molar-refractivity contribution is 5.82. The third kappa shape index (κ3) is 3.21. The number of rotatable bonds is 4. The van der Waals surface area contributed by atoms with Crippen LogP contribution in [0.1, 0.15) is 50.5 Å². The average molecular weight is 315 g/mol. The van der Waals surface area contributed by atoms with Crippen molar-refractivity contribution >= 4 is 16.9 Å². The number of aliphatic carboxylic acids is 1. The fraction of sp³-hybridized carbons (Fsp3) is 0.474. The predicted molar refractivity (Wildman–Crippen MR) is 87.8 cm³/mol. The molecule has 1 saturated carbocycles. The number of pyridine rings is 1. The first-order chi connectivity index (χ1) is 11.1. The third-order valence-electron chi connectivity index (χ3n) is 5.28. The molecule has 0 bridgehead atoms. The Morgan fingerprint density at radius 2 is 2.04 bits per heavy atom. The van der Waals surface area contributed by atoms with E-state index in [2.05, 4.69) is 4.98 Å². The van der Waals surface area contributed by atoms with Crippen LogP contribution in [0.25, 0.3) is 10.9 Å². The minimum Gasteiger partial charge on any atom is -0.481 e. The molecule has 3 nitrogen and oxygen atoms in total. The summed E-state index contributed by atoms with van der Waals surface area (Å²) in [6, 6.07) is 6.71. The summed E-state index contributed by atoms with van der Waals surface area (Å²) in [6.07, 6.45) is 6.25. The number of carboxylic acid groups (broad SMARTS) is 1. The predicted octanol–water partition coefficient (Wildman–Crippen LogP) is 4.76. The van der Waals surface area contributed by atoms with Crippen LogP contribution in [0, 0.1) is 17.7 Å². The van der Waals surface area contributed by atoms with E-state index in [1.165, 1.54) is 6.07 Å². The zero-order chi connectivity index (χ0) is 16.4. The second-order valence-corrected chi connectivity index (χ2v) is 6.53. The van der Waals surface area contributed by atoms with E-state index >= 15 is 0 Å². The van der Waals surface area contributed by atoms with Crippen molar-refractivity contribution in [2.24, 2.45) is 11.8 Å². The summed E-state index contributed by atoms with van der Waals surface area (Å²) >= 11 is 0. The molecule has 0 spiro atoms. The van der Waals surface area contributed by atoms with Crippen molar-refractivity contribution in [2.75, 3.05) is 0 Å². The number of hydrogen-bond acceptors (Lipinski definition) is 2. The van der Waals surface area contributed by atoms with E-state index in [9.17, 15) is 14.3 Å². The maximum atomic E-state index is 13.6. The Morgan fingerprint density at radius 3 is 2.70 bits per heavy atom. The zero-order valence-corrected chi connectivity index (χ0v) is 13.3. The van der Waals surface area contributed by atoms with E-state index in [0.717, 1.165) is 42.1 Å². The second kappa shape index (κ2) is 6.65. The van der Waals surface area contributed by atoms with Crippen LogP contribution < -0.4 is 0 Å². The molecule has 0 radical (unpaired) electrons. The summed E-state index contributed by atoms with van der Waals surface area (Å²) < 4.78 is 13.6. The van der Waals surface area contributed by atoms with Crippen molar-refractivity contribution in [2.45, 2.75) is 44.9 Å². The molecule has 1 aliphatic rings. The molecule has 1 N–H and O–H groups in total. The minimum atomic E-state index is -0.674. The van der Waals surface area contributed by atoms with Gasteiger partial charge in [0.1, 0.15) is 5.82 Å². The highest BCUT2D eigenvalue weighted by Crippen LogP contribution is 2.41. The van der Waals surface area contributed by atoms with Gasteiger partial charge in [-0.2, -0.15) is 0 Å². The molecule has 2 aromatic rings. The molecular formula is C19H22FNO2. The van der Waals surface area contributed by atoms with Crippen molar-refractivity contribution in [1.29, 1.82) is 0 Å². The van der Waals surface area contributed by atoms with Crippen molar-refractivity contribution in [3.05, 3.63) is 41.8 Å². The fourth-order valence-electron chi connectivity index (χ4n) is 4.04. The minimum absolute atomic E-state index is 0.234. The Morgan fingerprint density at radius 1 is 1.30 bits per heavy atom. The quantitative estimate of drug-likeness (QED) is 0.885. The van der Waals surface area contributed by atoms with Gasteiger partial charge in [-0.1, -0.05) is 6.92 Å². The lowest BCUT2D eigenvalue weighted by Gasteiger charge is -2.32. The summed E-state index contributed by atoms with van der Waals surface area (Å²) in [4.78, 5) is 15.7. The summed E-state index contributed by atoms with van der Waals surface area (Å²) in [6.45, 7) is 1.95. The van der Waals surface area contributed by atoms with Crippen LogP contribution >= 0.6 is 0 Å². The number of halogens is 1. The van der Waals surface area contributed by atoms with Gasteiger partial charge in [0, 0.05) is 11.6 Å².